The van der Waals surface area contributed by atoms with Crippen molar-refractivity contribution in [2.24, 2.45) is 11.8 Å². The smallest absolute Gasteiger partial charge is 0.338 e. The number of aryl methyl sites for hydroxylation is 2. The molecular weight excluding hydrogens is 288 g/mol. The SMILES string of the molecule is Cc1cccc2c1C(=O)O[C@@H](CCO)C[C@@H](C)[C@@H](C)CCCC2. The molecule has 0 radical (unpaired) electrons. The summed E-state index contributed by atoms with van der Waals surface area (Å²) in [6.07, 6.45) is 5.59. The fraction of sp³-hybridized carbons (Fsp3) is 0.650. The number of aliphatic hydroxyl groups is 1. The second-order valence-corrected chi connectivity index (χ2v) is 7.08. The van der Waals surface area contributed by atoms with Crippen LogP contribution in [0.3, 0.4) is 0 Å². The van der Waals surface area contributed by atoms with E-state index in [0.29, 0.717) is 18.3 Å². The highest BCUT2D eigenvalue weighted by Crippen LogP contribution is 2.27. The summed E-state index contributed by atoms with van der Waals surface area (Å²) in [7, 11) is 0. The molecule has 1 N–H and O–H groups in total. The summed E-state index contributed by atoms with van der Waals surface area (Å²) in [6.45, 7) is 6.54. The minimum atomic E-state index is -0.225. The van der Waals surface area contributed by atoms with Crippen molar-refractivity contribution in [3.63, 3.8) is 0 Å². The van der Waals surface area contributed by atoms with Gasteiger partial charge in [-0.25, -0.2) is 4.79 Å². The van der Waals surface area contributed by atoms with Crippen LogP contribution in [-0.4, -0.2) is 23.8 Å². The van der Waals surface area contributed by atoms with Crippen LogP contribution in [0.15, 0.2) is 18.2 Å². The van der Waals surface area contributed by atoms with E-state index in [1.165, 1.54) is 12.8 Å². The Morgan fingerprint density at radius 1 is 1.22 bits per heavy atom. The van der Waals surface area contributed by atoms with Crippen LogP contribution in [0.5, 0.6) is 0 Å². The highest BCUT2D eigenvalue weighted by molar-refractivity contribution is 5.92. The summed E-state index contributed by atoms with van der Waals surface area (Å²) in [5.41, 5.74) is 2.81. The molecule has 0 unspecified atom stereocenters. The Morgan fingerprint density at radius 3 is 2.74 bits per heavy atom. The third kappa shape index (κ3) is 4.81. The van der Waals surface area contributed by atoms with Gasteiger partial charge in [0.05, 0.1) is 5.56 Å². The zero-order valence-corrected chi connectivity index (χ0v) is 14.7. The van der Waals surface area contributed by atoms with Gasteiger partial charge < -0.3 is 9.84 Å². The number of benzene rings is 1. The molecule has 128 valence electrons. The lowest BCUT2D eigenvalue weighted by molar-refractivity contribution is 0.0154. The van der Waals surface area contributed by atoms with Gasteiger partial charge in [-0.1, -0.05) is 44.9 Å². The maximum Gasteiger partial charge on any atom is 0.338 e. The molecule has 1 aromatic carbocycles. The lowest BCUT2D eigenvalue weighted by Gasteiger charge is -2.26. The summed E-state index contributed by atoms with van der Waals surface area (Å²) < 4.78 is 5.79. The van der Waals surface area contributed by atoms with Gasteiger partial charge in [0.25, 0.3) is 0 Å². The van der Waals surface area contributed by atoms with Gasteiger partial charge in [-0.3, -0.25) is 0 Å². The minimum Gasteiger partial charge on any atom is -0.459 e. The zero-order valence-electron chi connectivity index (χ0n) is 14.7. The maximum absolute atomic E-state index is 12.7. The number of cyclic esters (lactones) is 1. The van der Waals surface area contributed by atoms with Crippen LogP contribution in [0.4, 0.5) is 0 Å². The van der Waals surface area contributed by atoms with Crippen LogP contribution >= 0.6 is 0 Å². The molecule has 2 rings (SSSR count). The average molecular weight is 318 g/mol. The Balaban J connectivity index is 2.28. The lowest BCUT2D eigenvalue weighted by atomic mass is 9.85. The zero-order chi connectivity index (χ0) is 16.8. The molecule has 0 saturated carbocycles. The molecule has 0 aromatic heterocycles. The van der Waals surface area contributed by atoms with Crippen molar-refractivity contribution < 1.29 is 14.6 Å². The van der Waals surface area contributed by atoms with Crippen molar-refractivity contribution >= 4 is 5.97 Å². The third-order valence-electron chi connectivity index (χ3n) is 5.25. The van der Waals surface area contributed by atoms with E-state index in [1.807, 2.05) is 25.1 Å². The number of rotatable bonds is 2. The third-order valence-corrected chi connectivity index (χ3v) is 5.25. The van der Waals surface area contributed by atoms with Crippen LogP contribution in [0, 0.1) is 18.8 Å². The van der Waals surface area contributed by atoms with E-state index in [0.717, 1.165) is 36.0 Å². The van der Waals surface area contributed by atoms with E-state index in [-0.39, 0.29) is 18.7 Å². The predicted molar refractivity (Wildman–Crippen MR) is 92.6 cm³/mol. The number of carbonyl (C=O) groups excluding carboxylic acids is 1. The molecule has 3 atom stereocenters. The van der Waals surface area contributed by atoms with Gasteiger partial charge in [0.1, 0.15) is 6.10 Å². The molecule has 0 fully saturated rings. The van der Waals surface area contributed by atoms with Crippen LogP contribution in [0.2, 0.25) is 0 Å². The van der Waals surface area contributed by atoms with E-state index in [2.05, 4.69) is 13.8 Å². The first-order valence-corrected chi connectivity index (χ1v) is 8.93. The highest BCUT2D eigenvalue weighted by atomic mass is 16.5. The molecule has 23 heavy (non-hydrogen) atoms. The van der Waals surface area contributed by atoms with E-state index in [4.69, 9.17) is 4.74 Å². The van der Waals surface area contributed by atoms with Crippen LogP contribution < -0.4 is 0 Å². The fourth-order valence-corrected chi connectivity index (χ4v) is 3.52. The number of hydrogen-bond donors (Lipinski definition) is 1. The van der Waals surface area contributed by atoms with Crippen molar-refractivity contribution in [1.29, 1.82) is 0 Å². The average Bonchev–Trinajstić information content (AvgIpc) is 2.50. The van der Waals surface area contributed by atoms with E-state index in [9.17, 15) is 9.90 Å². The Morgan fingerprint density at radius 2 is 2.00 bits per heavy atom. The molecule has 1 aliphatic heterocycles. The molecule has 0 aliphatic carbocycles. The standard InChI is InChI=1S/C20H30O3/c1-14-7-4-5-9-17-10-6-8-15(2)19(17)20(22)23-18(11-12-21)13-16(14)3/h6,8,10,14,16,18,21H,4-5,7,9,11-13H2,1-3H3/t14-,16+,18-/m0/s1. The number of fused-ring (bicyclic) bond motifs is 1. The first kappa shape index (κ1) is 18.0. The molecule has 3 nitrogen and oxygen atoms in total. The Labute approximate surface area is 140 Å². The summed E-state index contributed by atoms with van der Waals surface area (Å²) in [6, 6.07) is 6.03. The number of carbonyl (C=O) groups is 1. The Kier molecular flexibility index (Phi) is 6.64. The van der Waals surface area contributed by atoms with E-state index in [1.54, 1.807) is 0 Å². The lowest BCUT2D eigenvalue weighted by Crippen LogP contribution is -2.25. The van der Waals surface area contributed by atoms with Crippen LogP contribution in [-0.2, 0) is 11.2 Å². The second kappa shape index (κ2) is 8.49. The van der Waals surface area contributed by atoms with Gasteiger partial charge in [-0.15, -0.1) is 0 Å². The quantitative estimate of drug-likeness (QED) is 0.827. The largest absolute Gasteiger partial charge is 0.459 e. The van der Waals surface area contributed by atoms with Crippen molar-refractivity contribution in [2.75, 3.05) is 6.61 Å². The maximum atomic E-state index is 12.7. The summed E-state index contributed by atoms with van der Waals surface area (Å²) in [5, 5.41) is 9.30. The minimum absolute atomic E-state index is 0.0552. The molecule has 0 amide bonds. The monoisotopic (exact) mass is 318 g/mol. The summed E-state index contributed by atoms with van der Waals surface area (Å²) in [4.78, 5) is 12.7. The molecule has 1 aliphatic rings. The number of hydrogen-bond acceptors (Lipinski definition) is 3. The highest BCUT2D eigenvalue weighted by Gasteiger charge is 2.24. The first-order valence-electron chi connectivity index (χ1n) is 8.93. The molecule has 1 heterocycles. The molecule has 0 saturated heterocycles. The van der Waals surface area contributed by atoms with Crippen LogP contribution in [0.1, 0.15) is 67.4 Å². The molecule has 1 aromatic rings. The topological polar surface area (TPSA) is 46.5 Å². The van der Waals surface area contributed by atoms with Crippen molar-refractivity contribution in [3.05, 3.63) is 34.9 Å². The van der Waals surface area contributed by atoms with E-state index < -0.39 is 0 Å². The Hall–Kier alpha value is -1.35. The molecule has 3 heteroatoms. The molecular formula is C20H30O3. The summed E-state index contributed by atoms with van der Waals surface area (Å²) in [5.74, 6) is 0.887. The van der Waals surface area contributed by atoms with Gasteiger partial charge in [0.2, 0.25) is 0 Å². The molecule has 0 spiro atoms. The van der Waals surface area contributed by atoms with Gasteiger partial charge in [-0.05, 0) is 49.1 Å². The normalized spacial score (nSPS) is 26.6. The van der Waals surface area contributed by atoms with Crippen molar-refractivity contribution in [2.45, 2.75) is 65.4 Å². The van der Waals surface area contributed by atoms with Gasteiger partial charge >= 0.3 is 5.97 Å². The van der Waals surface area contributed by atoms with Crippen molar-refractivity contribution in [3.8, 4) is 0 Å². The van der Waals surface area contributed by atoms with Gasteiger partial charge in [-0.2, -0.15) is 0 Å². The number of esters is 1. The second-order valence-electron chi connectivity index (χ2n) is 7.08. The Bertz CT molecular complexity index is 524. The molecule has 0 bridgehead atoms. The van der Waals surface area contributed by atoms with Crippen LogP contribution in [0.25, 0.3) is 0 Å². The van der Waals surface area contributed by atoms with Gasteiger partial charge in [0.15, 0.2) is 0 Å². The van der Waals surface area contributed by atoms with E-state index >= 15 is 0 Å². The van der Waals surface area contributed by atoms with Gasteiger partial charge in [0, 0.05) is 13.0 Å². The fourth-order valence-electron chi connectivity index (χ4n) is 3.52. The predicted octanol–water partition coefficient (Wildman–Crippen LogP) is 4.29. The number of ether oxygens (including phenoxy) is 1. The first-order chi connectivity index (χ1) is 11.0. The van der Waals surface area contributed by atoms with Crippen molar-refractivity contribution in [1.82, 2.24) is 0 Å². The summed E-state index contributed by atoms with van der Waals surface area (Å²) >= 11 is 0. The number of aliphatic hydroxyl groups excluding tert-OH is 1.